The molecule has 6 nitrogen and oxygen atoms in total. The smallest absolute Gasteiger partial charge is 0.258 e. The zero-order valence-corrected chi connectivity index (χ0v) is 19.0. The third kappa shape index (κ3) is 6.09. The van der Waals surface area contributed by atoms with Crippen molar-refractivity contribution >= 4 is 5.91 Å². The van der Waals surface area contributed by atoms with E-state index in [0.29, 0.717) is 12.5 Å². The fourth-order valence-electron chi connectivity index (χ4n) is 4.77. The zero-order valence-electron chi connectivity index (χ0n) is 19.0. The molecule has 1 atom stereocenters. The van der Waals surface area contributed by atoms with Gasteiger partial charge in [0.05, 0.1) is 6.10 Å². The average molecular weight is 438 g/mol. The third-order valence-electron chi connectivity index (χ3n) is 6.65. The lowest BCUT2D eigenvalue weighted by molar-refractivity contribution is -0.123. The number of aliphatic hydroxyl groups is 1. The van der Waals surface area contributed by atoms with Gasteiger partial charge in [-0.3, -0.25) is 9.69 Å². The standard InChI is InChI=1S/C26H35N3O3/c1-28-13-10-21(11-14-28)24-8-4-5-9-25(24)32-19-26(31)27-16-23(30)18-29-15-12-20-6-2-3-7-22(20)17-29/h2-9,21,23,30H,10-19H2,1H3,(H,27,31). The van der Waals surface area contributed by atoms with E-state index in [0.717, 1.165) is 51.2 Å². The Morgan fingerprint density at radius 2 is 1.81 bits per heavy atom. The van der Waals surface area contributed by atoms with Crippen LogP contribution in [0.3, 0.4) is 0 Å². The number of benzene rings is 2. The van der Waals surface area contributed by atoms with Crippen LogP contribution in [0.15, 0.2) is 48.5 Å². The Bertz CT molecular complexity index is 895. The van der Waals surface area contributed by atoms with Crippen molar-refractivity contribution in [3.05, 3.63) is 65.2 Å². The topological polar surface area (TPSA) is 65.0 Å². The highest BCUT2D eigenvalue weighted by Crippen LogP contribution is 2.33. The first kappa shape index (κ1) is 22.8. The molecule has 0 spiro atoms. The summed E-state index contributed by atoms with van der Waals surface area (Å²) in [6.45, 7) is 4.69. The van der Waals surface area contributed by atoms with Gasteiger partial charge in [0, 0.05) is 26.2 Å². The molecule has 2 N–H and O–H groups in total. The number of nitrogens with one attached hydrogen (secondary N) is 1. The van der Waals surface area contributed by atoms with E-state index in [9.17, 15) is 9.90 Å². The molecular weight excluding hydrogens is 402 g/mol. The fraction of sp³-hybridized carbons (Fsp3) is 0.500. The minimum atomic E-state index is -0.601. The third-order valence-corrected chi connectivity index (χ3v) is 6.65. The normalized spacial score (nSPS) is 18.7. The van der Waals surface area contributed by atoms with Gasteiger partial charge in [-0.15, -0.1) is 0 Å². The number of carbonyl (C=O) groups is 1. The Labute approximate surface area is 191 Å². The number of nitrogens with zero attached hydrogens (tertiary/aromatic N) is 2. The van der Waals surface area contributed by atoms with E-state index >= 15 is 0 Å². The Morgan fingerprint density at radius 3 is 2.62 bits per heavy atom. The van der Waals surface area contributed by atoms with Crippen LogP contribution in [0, 0.1) is 0 Å². The zero-order chi connectivity index (χ0) is 22.3. The van der Waals surface area contributed by atoms with Crippen molar-refractivity contribution in [3.63, 3.8) is 0 Å². The highest BCUT2D eigenvalue weighted by atomic mass is 16.5. The first-order valence-corrected chi connectivity index (χ1v) is 11.7. The van der Waals surface area contributed by atoms with Gasteiger partial charge in [-0.25, -0.2) is 0 Å². The SMILES string of the molecule is CN1CCC(c2ccccc2OCC(=O)NCC(O)CN2CCc3ccccc3C2)CC1. The molecule has 0 aliphatic carbocycles. The second-order valence-corrected chi connectivity index (χ2v) is 9.12. The Balaban J connectivity index is 1.20. The number of amides is 1. The van der Waals surface area contributed by atoms with Gasteiger partial charge in [-0.2, -0.15) is 0 Å². The van der Waals surface area contributed by atoms with Crippen LogP contribution in [0.4, 0.5) is 0 Å². The summed E-state index contributed by atoms with van der Waals surface area (Å²) >= 11 is 0. The molecule has 1 saturated heterocycles. The summed E-state index contributed by atoms with van der Waals surface area (Å²) in [4.78, 5) is 16.9. The van der Waals surface area contributed by atoms with Crippen molar-refractivity contribution in [1.82, 2.24) is 15.1 Å². The van der Waals surface area contributed by atoms with Crippen LogP contribution >= 0.6 is 0 Å². The maximum Gasteiger partial charge on any atom is 0.258 e. The van der Waals surface area contributed by atoms with Gasteiger partial charge >= 0.3 is 0 Å². The summed E-state index contributed by atoms with van der Waals surface area (Å²) in [6, 6.07) is 16.5. The summed E-state index contributed by atoms with van der Waals surface area (Å²) in [5.74, 6) is 1.07. The summed E-state index contributed by atoms with van der Waals surface area (Å²) in [5, 5.41) is 13.2. The number of β-amino-alcohol motifs (C(OH)–C–C–N with tert-alkyl or cyclic N) is 1. The van der Waals surface area contributed by atoms with Crippen LogP contribution in [0.5, 0.6) is 5.75 Å². The van der Waals surface area contributed by atoms with Crippen LogP contribution in [0.2, 0.25) is 0 Å². The predicted octanol–water partition coefficient (Wildman–Crippen LogP) is 2.41. The van der Waals surface area contributed by atoms with Gasteiger partial charge in [-0.1, -0.05) is 42.5 Å². The largest absolute Gasteiger partial charge is 0.483 e. The summed E-state index contributed by atoms with van der Waals surface area (Å²) in [7, 11) is 2.15. The monoisotopic (exact) mass is 437 g/mol. The maximum atomic E-state index is 12.3. The van der Waals surface area contributed by atoms with Crippen molar-refractivity contribution in [2.75, 3.05) is 46.4 Å². The fourth-order valence-corrected chi connectivity index (χ4v) is 4.77. The first-order valence-electron chi connectivity index (χ1n) is 11.7. The molecule has 32 heavy (non-hydrogen) atoms. The van der Waals surface area contributed by atoms with Gasteiger partial charge in [0.1, 0.15) is 5.75 Å². The van der Waals surface area contributed by atoms with Crippen molar-refractivity contribution in [2.24, 2.45) is 0 Å². The van der Waals surface area contributed by atoms with E-state index in [1.165, 1.54) is 16.7 Å². The van der Waals surface area contributed by atoms with Crippen LogP contribution in [0.1, 0.15) is 35.4 Å². The summed E-state index contributed by atoms with van der Waals surface area (Å²) in [6.07, 6.45) is 2.61. The summed E-state index contributed by atoms with van der Waals surface area (Å²) < 4.78 is 5.88. The Hall–Kier alpha value is -2.41. The van der Waals surface area contributed by atoms with Crippen LogP contribution in [0.25, 0.3) is 0 Å². The number of piperidine rings is 1. The van der Waals surface area contributed by atoms with E-state index in [1.807, 2.05) is 18.2 Å². The Kier molecular flexibility index (Phi) is 7.79. The molecule has 172 valence electrons. The maximum absolute atomic E-state index is 12.3. The molecule has 2 aliphatic rings. The molecule has 4 rings (SSSR count). The number of ether oxygens (including phenoxy) is 1. The quantitative estimate of drug-likeness (QED) is 0.664. The van der Waals surface area contributed by atoms with Crippen molar-refractivity contribution in [1.29, 1.82) is 0 Å². The molecule has 2 aromatic rings. The minimum absolute atomic E-state index is 0.0343. The molecule has 0 bridgehead atoms. The van der Waals surface area contributed by atoms with E-state index in [2.05, 4.69) is 52.5 Å². The molecule has 2 aliphatic heterocycles. The Morgan fingerprint density at radius 1 is 1.09 bits per heavy atom. The van der Waals surface area contributed by atoms with Gasteiger partial charge in [0.2, 0.25) is 0 Å². The van der Waals surface area contributed by atoms with Crippen LogP contribution < -0.4 is 10.1 Å². The van der Waals surface area contributed by atoms with Crippen molar-refractivity contribution in [2.45, 2.75) is 37.8 Å². The lowest BCUT2D eigenvalue weighted by Gasteiger charge is -2.30. The number of likely N-dealkylation sites (tertiary alicyclic amines) is 1. The van der Waals surface area contributed by atoms with Crippen LogP contribution in [-0.2, 0) is 17.8 Å². The second-order valence-electron chi connectivity index (χ2n) is 9.12. The first-order chi connectivity index (χ1) is 15.6. The van der Waals surface area contributed by atoms with Crippen molar-refractivity contribution in [3.8, 4) is 5.75 Å². The number of rotatable bonds is 8. The molecule has 1 unspecified atom stereocenters. The molecular formula is C26H35N3O3. The number of carbonyl (C=O) groups excluding carboxylic acids is 1. The molecule has 1 amide bonds. The number of para-hydroxylation sites is 1. The van der Waals surface area contributed by atoms with Gasteiger partial charge in [-0.05, 0) is 68.1 Å². The lowest BCUT2D eigenvalue weighted by Crippen LogP contribution is -2.42. The molecule has 1 fully saturated rings. The number of fused-ring (bicyclic) bond motifs is 1. The van der Waals surface area contributed by atoms with Gasteiger partial charge < -0.3 is 20.1 Å². The van der Waals surface area contributed by atoms with E-state index in [-0.39, 0.29) is 19.1 Å². The molecule has 2 heterocycles. The minimum Gasteiger partial charge on any atom is -0.483 e. The lowest BCUT2D eigenvalue weighted by atomic mass is 9.89. The van der Waals surface area contributed by atoms with E-state index in [1.54, 1.807) is 0 Å². The van der Waals surface area contributed by atoms with E-state index < -0.39 is 6.10 Å². The highest BCUT2D eigenvalue weighted by Gasteiger charge is 2.22. The second kappa shape index (κ2) is 10.9. The van der Waals surface area contributed by atoms with Crippen LogP contribution in [-0.4, -0.2) is 73.3 Å². The number of aliphatic hydroxyl groups excluding tert-OH is 1. The predicted molar refractivity (Wildman–Crippen MR) is 126 cm³/mol. The number of hydrogen-bond acceptors (Lipinski definition) is 5. The molecule has 0 radical (unpaired) electrons. The highest BCUT2D eigenvalue weighted by molar-refractivity contribution is 5.77. The van der Waals surface area contributed by atoms with Gasteiger partial charge in [0.25, 0.3) is 5.91 Å². The summed E-state index contributed by atoms with van der Waals surface area (Å²) in [5.41, 5.74) is 3.91. The number of hydrogen-bond donors (Lipinski definition) is 2. The molecule has 2 aromatic carbocycles. The molecule has 6 heteroatoms. The van der Waals surface area contributed by atoms with Crippen molar-refractivity contribution < 1.29 is 14.6 Å². The van der Waals surface area contributed by atoms with Gasteiger partial charge in [0.15, 0.2) is 6.61 Å². The molecule has 0 aromatic heterocycles. The average Bonchev–Trinajstić information content (AvgIpc) is 2.82. The molecule has 0 saturated carbocycles. The van der Waals surface area contributed by atoms with E-state index in [4.69, 9.17) is 4.74 Å².